The fraction of sp³-hybridized carbons (Fsp3) is 0.588. The van der Waals surface area contributed by atoms with Crippen molar-refractivity contribution in [2.75, 3.05) is 19.7 Å². The minimum atomic E-state index is -0.281. The number of morpholine rings is 1. The lowest BCUT2D eigenvalue weighted by Gasteiger charge is -2.34. The molecule has 1 heterocycles. The van der Waals surface area contributed by atoms with Crippen LogP contribution >= 0.6 is 0 Å². The highest BCUT2D eigenvalue weighted by molar-refractivity contribution is 5.74. The number of amides is 2. The molecule has 1 aliphatic rings. The molecule has 1 aromatic carbocycles. The maximum absolute atomic E-state index is 13.3. The molecule has 1 fully saturated rings. The van der Waals surface area contributed by atoms with Crippen LogP contribution in [0.5, 0.6) is 0 Å². The normalized spacial score (nSPS) is 19.8. The van der Waals surface area contributed by atoms with Crippen molar-refractivity contribution in [3.05, 3.63) is 35.6 Å². The zero-order chi connectivity index (χ0) is 15.9. The zero-order valence-corrected chi connectivity index (χ0v) is 13.3. The number of carbonyl (C=O) groups is 1. The maximum atomic E-state index is 13.3. The molecule has 1 aliphatic heterocycles. The van der Waals surface area contributed by atoms with Crippen LogP contribution in [0.25, 0.3) is 0 Å². The number of carbonyl (C=O) groups excluding carboxylic acids is 1. The SMILES string of the molecule is CCCC(CC)NC(=O)N1CCOC(c2cccc(F)c2)C1. The number of rotatable bonds is 5. The third-order valence-electron chi connectivity index (χ3n) is 4.03. The Kier molecular flexibility index (Phi) is 6.19. The molecule has 1 N–H and O–H groups in total. The summed E-state index contributed by atoms with van der Waals surface area (Å²) in [7, 11) is 0. The Morgan fingerprint density at radius 2 is 2.32 bits per heavy atom. The van der Waals surface area contributed by atoms with Gasteiger partial charge in [0.05, 0.1) is 13.2 Å². The monoisotopic (exact) mass is 308 g/mol. The van der Waals surface area contributed by atoms with E-state index in [2.05, 4.69) is 19.2 Å². The molecule has 2 amide bonds. The highest BCUT2D eigenvalue weighted by Crippen LogP contribution is 2.23. The number of urea groups is 1. The minimum Gasteiger partial charge on any atom is -0.370 e. The van der Waals surface area contributed by atoms with E-state index in [0.29, 0.717) is 19.7 Å². The van der Waals surface area contributed by atoms with Crippen molar-refractivity contribution in [3.63, 3.8) is 0 Å². The predicted octanol–water partition coefficient (Wildman–Crippen LogP) is 3.49. The molecule has 0 saturated carbocycles. The van der Waals surface area contributed by atoms with E-state index in [1.54, 1.807) is 11.0 Å². The molecule has 2 atom stereocenters. The van der Waals surface area contributed by atoms with Crippen LogP contribution in [0.1, 0.15) is 44.8 Å². The summed E-state index contributed by atoms with van der Waals surface area (Å²) >= 11 is 0. The Bertz CT molecular complexity index is 495. The first-order valence-corrected chi connectivity index (χ1v) is 8.06. The number of nitrogens with one attached hydrogen (secondary N) is 1. The van der Waals surface area contributed by atoms with Crippen LogP contribution in [0.2, 0.25) is 0 Å². The van der Waals surface area contributed by atoms with Crippen LogP contribution < -0.4 is 5.32 Å². The van der Waals surface area contributed by atoms with Crippen molar-refractivity contribution in [1.29, 1.82) is 0 Å². The van der Waals surface area contributed by atoms with E-state index < -0.39 is 0 Å². The van der Waals surface area contributed by atoms with Gasteiger partial charge in [-0.3, -0.25) is 0 Å². The van der Waals surface area contributed by atoms with Crippen molar-refractivity contribution in [3.8, 4) is 0 Å². The van der Waals surface area contributed by atoms with Gasteiger partial charge in [0, 0.05) is 12.6 Å². The molecule has 1 saturated heterocycles. The molecule has 2 rings (SSSR count). The number of hydrogen-bond acceptors (Lipinski definition) is 2. The van der Waals surface area contributed by atoms with Crippen molar-refractivity contribution >= 4 is 6.03 Å². The van der Waals surface area contributed by atoms with Crippen LogP contribution in [0, 0.1) is 5.82 Å². The van der Waals surface area contributed by atoms with Gasteiger partial charge in [0.15, 0.2) is 0 Å². The first kappa shape index (κ1) is 16.7. The van der Waals surface area contributed by atoms with Crippen LogP contribution in [0.4, 0.5) is 9.18 Å². The average Bonchev–Trinajstić information content (AvgIpc) is 2.54. The Hall–Kier alpha value is -1.62. The Balaban J connectivity index is 1.96. The smallest absolute Gasteiger partial charge is 0.317 e. The first-order chi connectivity index (χ1) is 10.6. The topological polar surface area (TPSA) is 41.6 Å². The van der Waals surface area contributed by atoms with Gasteiger partial charge in [-0.1, -0.05) is 32.4 Å². The molecular formula is C17H25FN2O2. The van der Waals surface area contributed by atoms with Crippen molar-refractivity contribution < 1.29 is 13.9 Å². The van der Waals surface area contributed by atoms with Gasteiger partial charge in [0.25, 0.3) is 0 Å². The molecule has 0 bridgehead atoms. The minimum absolute atomic E-state index is 0.0509. The van der Waals surface area contributed by atoms with Crippen molar-refractivity contribution in [2.24, 2.45) is 0 Å². The van der Waals surface area contributed by atoms with Gasteiger partial charge in [-0.25, -0.2) is 9.18 Å². The number of benzene rings is 1. The van der Waals surface area contributed by atoms with Gasteiger partial charge < -0.3 is 15.0 Å². The van der Waals surface area contributed by atoms with Gasteiger partial charge >= 0.3 is 6.03 Å². The summed E-state index contributed by atoms with van der Waals surface area (Å²) < 4.78 is 19.0. The van der Waals surface area contributed by atoms with Gasteiger partial charge in [0.2, 0.25) is 0 Å². The van der Waals surface area contributed by atoms with Crippen molar-refractivity contribution in [2.45, 2.75) is 45.3 Å². The number of ether oxygens (including phenoxy) is 1. The molecule has 4 nitrogen and oxygen atoms in total. The van der Waals surface area contributed by atoms with Gasteiger partial charge in [-0.05, 0) is 30.5 Å². The molecule has 5 heteroatoms. The average molecular weight is 308 g/mol. The summed E-state index contributed by atoms with van der Waals surface area (Å²) in [4.78, 5) is 14.1. The van der Waals surface area contributed by atoms with E-state index in [1.165, 1.54) is 12.1 Å². The number of halogens is 1. The molecule has 2 unspecified atom stereocenters. The lowest BCUT2D eigenvalue weighted by atomic mass is 10.1. The second-order valence-electron chi connectivity index (χ2n) is 5.70. The van der Waals surface area contributed by atoms with E-state index in [9.17, 15) is 9.18 Å². The Morgan fingerprint density at radius 3 is 3.00 bits per heavy atom. The molecule has 0 aromatic heterocycles. The third-order valence-corrected chi connectivity index (χ3v) is 4.03. The molecular weight excluding hydrogens is 283 g/mol. The highest BCUT2D eigenvalue weighted by Gasteiger charge is 2.26. The van der Waals surface area contributed by atoms with Crippen LogP contribution in [-0.2, 0) is 4.74 Å². The second kappa shape index (κ2) is 8.13. The van der Waals surface area contributed by atoms with Gasteiger partial charge in [-0.15, -0.1) is 0 Å². The largest absolute Gasteiger partial charge is 0.370 e. The van der Waals surface area contributed by atoms with E-state index in [1.807, 2.05) is 6.07 Å². The van der Waals surface area contributed by atoms with Gasteiger partial charge in [-0.2, -0.15) is 0 Å². The summed E-state index contributed by atoms with van der Waals surface area (Å²) in [6.45, 7) is 5.69. The van der Waals surface area contributed by atoms with Crippen LogP contribution in [0.15, 0.2) is 24.3 Å². The second-order valence-corrected chi connectivity index (χ2v) is 5.70. The molecule has 22 heavy (non-hydrogen) atoms. The molecule has 1 aromatic rings. The zero-order valence-electron chi connectivity index (χ0n) is 13.3. The maximum Gasteiger partial charge on any atom is 0.317 e. The van der Waals surface area contributed by atoms with E-state index in [0.717, 1.165) is 24.8 Å². The standard InChI is InChI=1S/C17H25FN2O2/c1-3-6-15(4-2)19-17(21)20-9-10-22-16(12-20)13-7-5-8-14(18)11-13/h5,7-8,11,15-16H,3-4,6,9-10,12H2,1-2H3,(H,19,21). The molecule has 122 valence electrons. The molecule has 0 spiro atoms. The quantitative estimate of drug-likeness (QED) is 0.904. The molecule has 0 radical (unpaired) electrons. The number of nitrogens with zero attached hydrogens (tertiary/aromatic N) is 1. The first-order valence-electron chi connectivity index (χ1n) is 8.06. The summed E-state index contributed by atoms with van der Waals surface area (Å²) in [6, 6.07) is 6.55. The van der Waals surface area contributed by atoms with Crippen LogP contribution in [0.3, 0.4) is 0 Å². The summed E-state index contributed by atoms with van der Waals surface area (Å²) in [5, 5.41) is 3.08. The van der Waals surface area contributed by atoms with E-state index >= 15 is 0 Å². The highest BCUT2D eigenvalue weighted by atomic mass is 19.1. The summed E-state index contributed by atoms with van der Waals surface area (Å²) in [5.74, 6) is -0.281. The van der Waals surface area contributed by atoms with E-state index in [4.69, 9.17) is 4.74 Å². The Labute approximate surface area is 131 Å². The molecule has 0 aliphatic carbocycles. The lowest BCUT2D eigenvalue weighted by molar-refractivity contribution is -0.0159. The van der Waals surface area contributed by atoms with Crippen molar-refractivity contribution in [1.82, 2.24) is 10.2 Å². The fourth-order valence-electron chi connectivity index (χ4n) is 2.73. The third kappa shape index (κ3) is 4.44. The van der Waals surface area contributed by atoms with Gasteiger partial charge in [0.1, 0.15) is 11.9 Å². The number of hydrogen-bond donors (Lipinski definition) is 1. The van der Waals surface area contributed by atoms with E-state index in [-0.39, 0.29) is 24.0 Å². The van der Waals surface area contributed by atoms with Crippen LogP contribution in [-0.4, -0.2) is 36.7 Å². The summed E-state index contributed by atoms with van der Waals surface area (Å²) in [5.41, 5.74) is 0.776. The predicted molar refractivity (Wildman–Crippen MR) is 84.2 cm³/mol. The lowest BCUT2D eigenvalue weighted by Crippen LogP contribution is -2.49. The fourth-order valence-corrected chi connectivity index (χ4v) is 2.73. The summed E-state index contributed by atoms with van der Waals surface area (Å²) in [6.07, 6.45) is 2.70. The Morgan fingerprint density at radius 1 is 1.50 bits per heavy atom.